The summed E-state index contributed by atoms with van der Waals surface area (Å²) in [5, 5.41) is 8.50. The van der Waals surface area contributed by atoms with E-state index in [-0.39, 0.29) is 63.4 Å². The van der Waals surface area contributed by atoms with Crippen molar-refractivity contribution in [3.63, 3.8) is 0 Å². The van der Waals surface area contributed by atoms with Gasteiger partial charge in [0.1, 0.15) is 17.4 Å². The maximum Gasteiger partial charge on any atom is 1.00 e. The summed E-state index contributed by atoms with van der Waals surface area (Å²) in [5.41, 5.74) is -1.25. The molecule has 2 aromatic rings. The number of rotatable bonds is 6. The van der Waals surface area contributed by atoms with Crippen LogP contribution in [-0.4, -0.2) is 29.1 Å². The van der Waals surface area contributed by atoms with E-state index in [1.54, 1.807) is 5.32 Å². The molecule has 2 rings (SSSR count). The van der Waals surface area contributed by atoms with Crippen molar-refractivity contribution in [3.8, 4) is 0 Å². The first kappa shape index (κ1) is 32.9. The van der Waals surface area contributed by atoms with Crippen LogP contribution < -0.4 is 56.7 Å². The Morgan fingerprint density at radius 1 is 1.20 bits per heavy atom. The van der Waals surface area contributed by atoms with Gasteiger partial charge in [-0.2, -0.15) is 26.3 Å². The van der Waals surface area contributed by atoms with Crippen molar-refractivity contribution in [3.05, 3.63) is 77.1 Å². The summed E-state index contributed by atoms with van der Waals surface area (Å²) < 4.78 is 73.2. The van der Waals surface area contributed by atoms with Crippen LogP contribution in [-0.2, 0) is 11.0 Å². The molecule has 0 fully saturated rings. The van der Waals surface area contributed by atoms with Gasteiger partial charge in [0.25, 0.3) is 0 Å². The van der Waals surface area contributed by atoms with Crippen molar-refractivity contribution in [1.82, 2.24) is 4.98 Å². The van der Waals surface area contributed by atoms with E-state index in [9.17, 15) is 35.9 Å². The molecule has 1 amide bonds. The Hall–Kier alpha value is -2.12. The molecule has 1 heterocycles. The Morgan fingerprint density at radius 2 is 1.86 bits per heavy atom. The molecule has 1 aromatic carbocycles. The van der Waals surface area contributed by atoms with E-state index in [1.807, 2.05) is 44.2 Å². The van der Waals surface area contributed by atoms with Crippen LogP contribution >= 0.6 is 0 Å². The van der Waals surface area contributed by atoms with Gasteiger partial charge in [0.15, 0.2) is 0 Å². The minimum Gasteiger partial charge on any atom is -0.376 e. The zero-order valence-corrected chi connectivity index (χ0v) is 22.1. The van der Waals surface area contributed by atoms with Crippen molar-refractivity contribution in [2.24, 2.45) is 0 Å². The van der Waals surface area contributed by atoms with E-state index in [4.69, 9.17) is 5.41 Å². The molecule has 1 aromatic heterocycles. The summed E-state index contributed by atoms with van der Waals surface area (Å²) in [4.78, 5) is 25.9. The molecule has 2 N–H and O–H groups in total. The van der Waals surface area contributed by atoms with E-state index in [0.29, 0.717) is 12.5 Å². The van der Waals surface area contributed by atoms with Crippen LogP contribution in [0, 0.1) is 17.6 Å². The van der Waals surface area contributed by atoms with Gasteiger partial charge in [-0.15, -0.1) is 47.6 Å². The number of carbonyl (C=O) groups excluding carboxylic acids is 2. The third kappa shape index (κ3) is 11.9. The van der Waals surface area contributed by atoms with E-state index >= 15 is 0 Å². The molecular weight excluding hydrogens is 503 g/mol. The van der Waals surface area contributed by atoms with E-state index < -0.39 is 35.2 Å². The second-order valence-electron chi connectivity index (χ2n) is 6.34. The summed E-state index contributed by atoms with van der Waals surface area (Å²) in [7, 11) is 0. The number of ketones is 1. The Balaban J connectivity index is 0.000000711. The molecule has 0 saturated heterocycles. The number of aromatic nitrogens is 1. The van der Waals surface area contributed by atoms with Gasteiger partial charge in [-0.25, -0.2) is 0 Å². The van der Waals surface area contributed by atoms with Crippen molar-refractivity contribution in [2.45, 2.75) is 32.6 Å². The van der Waals surface area contributed by atoms with Crippen LogP contribution in [0.15, 0.2) is 48.2 Å². The molecule has 0 unspecified atom stereocenters. The van der Waals surface area contributed by atoms with Crippen molar-refractivity contribution < 1.29 is 87.3 Å². The number of halogens is 6. The maximum absolute atomic E-state index is 12.4. The van der Waals surface area contributed by atoms with Crippen LogP contribution in [0.5, 0.6) is 0 Å². The van der Waals surface area contributed by atoms with Crippen LogP contribution in [0.2, 0.25) is 0 Å². The van der Waals surface area contributed by atoms with Gasteiger partial charge < -0.3 is 20.3 Å². The Kier molecular flexibility index (Phi) is 14.2. The predicted octanol–water partition coefficient (Wildman–Crippen LogP) is 3.10. The Bertz CT molecular complexity index is 1080. The number of Topliss-reactive ketones (excluding diaryl/α,β-unsaturated/α-hetero) is 1. The molecule has 0 aliphatic rings. The number of hydrogen-bond donors (Lipinski definition) is 2. The standard InChI is InChI=1S/C12H13O.C11H6F6N3O.K/c1-3-7-10-8-5-6-9-11(10)12(13)4-2;12-10(13,14)4-6(5-18)9(21)20-7-1-2-19-8(3-7)11(15,16)17;/h3,5-7,9H,4H2,1-2H3;1-3,5,18H,(H,19,20,21);/q2*-1;+1/b7-3-;;. The van der Waals surface area contributed by atoms with Gasteiger partial charge in [0.2, 0.25) is 0 Å². The van der Waals surface area contributed by atoms with Gasteiger partial charge in [-0.05, 0) is 18.6 Å². The fourth-order valence-electron chi connectivity index (χ4n) is 2.36. The minimum atomic E-state index is -4.96. The summed E-state index contributed by atoms with van der Waals surface area (Å²) in [6, 6.07) is 9.97. The first-order valence-electron chi connectivity index (χ1n) is 9.55. The second kappa shape index (κ2) is 15.1. The first-order valence-corrected chi connectivity index (χ1v) is 9.55. The topological polar surface area (TPSA) is 82.9 Å². The summed E-state index contributed by atoms with van der Waals surface area (Å²) >= 11 is 0. The molecule has 0 atom stereocenters. The monoisotopic (exact) mass is 522 g/mol. The van der Waals surface area contributed by atoms with Gasteiger partial charge in [0.05, 0.1) is 0 Å². The molecule has 35 heavy (non-hydrogen) atoms. The van der Waals surface area contributed by atoms with Crippen molar-refractivity contribution in [1.29, 1.82) is 5.41 Å². The van der Waals surface area contributed by atoms with Gasteiger partial charge in [-0.3, -0.25) is 4.98 Å². The van der Waals surface area contributed by atoms with Gasteiger partial charge in [0, 0.05) is 11.9 Å². The number of allylic oxidation sites excluding steroid dienone is 2. The van der Waals surface area contributed by atoms with Gasteiger partial charge >= 0.3 is 63.7 Å². The number of alkyl halides is 6. The third-order valence-electron chi connectivity index (χ3n) is 3.82. The zero-order chi connectivity index (χ0) is 25.9. The molecule has 0 saturated carbocycles. The van der Waals surface area contributed by atoms with E-state index in [2.05, 4.69) is 11.1 Å². The molecule has 12 heteroatoms. The summed E-state index contributed by atoms with van der Waals surface area (Å²) in [6.07, 6.45) is -3.74. The predicted molar refractivity (Wildman–Crippen MR) is 114 cm³/mol. The van der Waals surface area contributed by atoms with Crippen LogP contribution in [0.4, 0.5) is 32.0 Å². The largest absolute Gasteiger partial charge is 1.00 e. The maximum atomic E-state index is 12.4. The minimum absolute atomic E-state index is 0. The first-order chi connectivity index (χ1) is 15.8. The molecule has 5 nitrogen and oxygen atoms in total. The fourth-order valence-corrected chi connectivity index (χ4v) is 2.36. The molecule has 0 radical (unpaired) electrons. The SMILES string of the molecule is C/C=C\c1[c-]cccc1C(=O)CC.N=CC(=[C-]C(F)(F)F)C(=O)Nc1ccnc(C(F)(F)F)c1.[K+]. The summed E-state index contributed by atoms with van der Waals surface area (Å²) in [5.74, 6) is -1.24. The zero-order valence-electron chi connectivity index (χ0n) is 18.9. The number of nitrogens with one attached hydrogen (secondary N) is 2. The second-order valence-corrected chi connectivity index (χ2v) is 6.34. The average Bonchev–Trinajstić information content (AvgIpc) is 2.77. The number of carbonyl (C=O) groups is 2. The van der Waals surface area contributed by atoms with Crippen molar-refractivity contribution in [2.75, 3.05) is 5.32 Å². The van der Waals surface area contributed by atoms with Crippen molar-refractivity contribution >= 4 is 29.7 Å². The fraction of sp³-hybridized carbons (Fsp3) is 0.217. The molecular formula is C23H19F6KN3O2-. The molecule has 182 valence electrons. The summed E-state index contributed by atoms with van der Waals surface area (Å²) in [6.45, 7) is 3.80. The quantitative estimate of drug-likeness (QED) is 0.153. The molecule has 0 aliphatic heterocycles. The number of amides is 1. The number of pyridine rings is 1. The van der Waals surface area contributed by atoms with E-state index in [0.717, 1.165) is 29.5 Å². The number of benzene rings is 1. The third-order valence-corrected chi connectivity index (χ3v) is 3.82. The molecule has 0 spiro atoms. The van der Waals surface area contributed by atoms with Crippen LogP contribution in [0.1, 0.15) is 41.9 Å². The smallest absolute Gasteiger partial charge is 0.376 e. The van der Waals surface area contributed by atoms with Crippen LogP contribution in [0.25, 0.3) is 6.08 Å². The van der Waals surface area contributed by atoms with Gasteiger partial charge in [-0.1, -0.05) is 31.7 Å². The number of hydrogen-bond acceptors (Lipinski definition) is 4. The normalized spacial score (nSPS) is 11.7. The molecule has 0 aliphatic carbocycles. The Morgan fingerprint density at radius 3 is 2.37 bits per heavy atom. The number of anilines is 1. The van der Waals surface area contributed by atoms with Crippen LogP contribution in [0.3, 0.4) is 0 Å². The van der Waals surface area contributed by atoms with E-state index in [1.165, 1.54) is 0 Å². The average molecular weight is 523 g/mol. The Labute approximate surface area is 240 Å². The molecule has 0 bridgehead atoms. The number of nitrogens with zero attached hydrogens (tertiary/aromatic N) is 1.